The second-order valence-electron chi connectivity index (χ2n) is 28.5. The molecule has 15 N–H and O–H groups in total. The van der Waals surface area contributed by atoms with E-state index in [9.17, 15) is 25.3 Å². The molecule has 0 radical (unpaired) electrons. The Kier molecular flexibility index (Phi) is 23.5. The average Bonchev–Trinajstić information content (AvgIpc) is 1.61. The molecule has 15 aromatic rings. The van der Waals surface area contributed by atoms with Crippen LogP contribution < -0.4 is 36.7 Å². The minimum atomic E-state index is -3.81. The van der Waals surface area contributed by atoms with Crippen molar-refractivity contribution >= 4 is 122 Å². The predicted octanol–water partition coefficient (Wildman–Crippen LogP) is 16.0. The lowest BCUT2D eigenvalue weighted by Gasteiger charge is -2.08. The maximum absolute atomic E-state index is 11.6. The van der Waals surface area contributed by atoms with Crippen LogP contribution in [0, 0.1) is 6.92 Å². The van der Waals surface area contributed by atoms with Gasteiger partial charge in [0.15, 0.2) is 64.0 Å². The van der Waals surface area contributed by atoms with Gasteiger partial charge in [-0.05, 0) is 149 Å². The van der Waals surface area contributed by atoms with E-state index >= 15 is 0 Å². The number of aryl methyl sites for hydroxylation is 1. The fraction of sp³-hybridized carbons (Fsp3) is 0.218. The monoisotopic (exact) mass is 1720 g/mol. The Morgan fingerprint density at radius 1 is 0.398 bits per heavy atom. The summed E-state index contributed by atoms with van der Waals surface area (Å²) in [6.45, 7) is 1.89. The average molecular weight is 1730 g/mol. The van der Waals surface area contributed by atoms with Crippen molar-refractivity contribution in [2.75, 3.05) is 21.3 Å². The summed E-state index contributed by atoms with van der Waals surface area (Å²) in [6.07, 6.45) is 20.9. The SMILES string of the molecule is Cc1cnc(-c2cccc(S(N)(=O)=O)c2)nc1Nc1cc(C2CC2)[nH]n1.Clc1cnc(-c2cccs2)nc1Nc1cc(C2CC2)[nH]n1.NS(=O)(=O)c1cccc(-c2ncc(Cl)c(Nc3cc(C4CC4)[nH]n3)n2)c1.NS(=O)(=O)c1cccc(-c2nccc(Cc3cc(C4CC4)n[nH]3)n2)c1.[HH].[HH].[HH].[HH].c1csc(-c2nccc(Nc3cc(C4CC4)[nH]n3)n2)c1. The van der Waals surface area contributed by atoms with Gasteiger partial charge in [-0.3, -0.25) is 25.5 Å². The number of benzene rings is 3. The van der Waals surface area contributed by atoms with Gasteiger partial charge in [0, 0.05) is 135 Å². The highest BCUT2D eigenvalue weighted by atomic mass is 35.5. The molecule has 0 amide bonds. The van der Waals surface area contributed by atoms with Gasteiger partial charge >= 0.3 is 0 Å². The maximum atomic E-state index is 11.6. The largest absolute Gasteiger partial charge is 0.323 e. The molecule has 5 fully saturated rings. The first-order valence-electron chi connectivity index (χ1n) is 37.3. The van der Waals surface area contributed by atoms with E-state index in [1.165, 1.54) is 118 Å². The van der Waals surface area contributed by atoms with Crippen molar-refractivity contribution in [2.24, 2.45) is 15.4 Å². The first-order chi connectivity index (χ1) is 57.0. The molecule has 0 saturated heterocycles. The van der Waals surface area contributed by atoms with Crippen molar-refractivity contribution in [3.63, 3.8) is 0 Å². The number of aromatic amines is 5. The van der Waals surface area contributed by atoms with Crippen LogP contribution in [0.25, 0.3) is 55.6 Å². The zero-order valence-corrected chi connectivity index (χ0v) is 68.3. The summed E-state index contributed by atoms with van der Waals surface area (Å²) in [5.74, 6) is 10.8. The Morgan fingerprint density at radius 2 is 0.788 bits per heavy atom. The predicted molar refractivity (Wildman–Crippen MR) is 459 cm³/mol. The number of hydrogen-bond acceptors (Lipinski definition) is 27. The van der Waals surface area contributed by atoms with E-state index in [4.69, 9.17) is 38.6 Å². The van der Waals surface area contributed by atoms with Crippen LogP contribution in [-0.4, -0.2) is 126 Å². The molecule has 5 saturated carbocycles. The number of nitrogens with one attached hydrogen (secondary N) is 9. The Balaban J connectivity index is 0.000000139. The molecule has 610 valence electrons. The number of hydrogen-bond donors (Lipinski definition) is 12. The molecule has 0 atom stereocenters. The highest BCUT2D eigenvalue weighted by Crippen LogP contribution is 2.44. The summed E-state index contributed by atoms with van der Waals surface area (Å²) in [7, 11) is -11.4. The van der Waals surface area contributed by atoms with Gasteiger partial charge in [0.25, 0.3) is 0 Å². The minimum Gasteiger partial charge on any atom is -0.323 e. The number of aromatic nitrogens is 20. The number of sulfonamides is 3. The first-order valence-corrected chi connectivity index (χ1v) is 44.5. The number of nitrogens with two attached hydrogens (primary N) is 3. The molecule has 118 heavy (non-hydrogen) atoms. The van der Waals surface area contributed by atoms with E-state index in [0.29, 0.717) is 115 Å². The summed E-state index contributed by atoms with van der Waals surface area (Å²) < 4.78 is 69.2. The highest BCUT2D eigenvalue weighted by Gasteiger charge is 2.30. The molecule has 20 rings (SSSR count). The van der Waals surface area contributed by atoms with E-state index in [0.717, 1.165) is 67.1 Å². The van der Waals surface area contributed by atoms with Gasteiger partial charge in [-0.15, -0.1) is 22.7 Å². The third-order valence-electron chi connectivity index (χ3n) is 19.0. The number of rotatable bonds is 23. The summed E-state index contributed by atoms with van der Waals surface area (Å²) in [5, 5.41) is 69.6. The molecule has 0 aliphatic heterocycles. The van der Waals surface area contributed by atoms with Crippen LogP contribution >= 0.6 is 45.9 Å². The second-order valence-corrected chi connectivity index (χ2v) is 35.9. The number of nitrogens with zero attached hydrogens (tertiary/aromatic N) is 15. The molecule has 0 spiro atoms. The van der Waals surface area contributed by atoms with Crippen LogP contribution in [-0.2, 0) is 36.5 Å². The maximum Gasteiger partial charge on any atom is 0.238 e. The van der Waals surface area contributed by atoms with Gasteiger partial charge in [-0.1, -0.05) is 71.7 Å². The van der Waals surface area contributed by atoms with Gasteiger partial charge < -0.3 is 21.3 Å². The highest BCUT2D eigenvalue weighted by molar-refractivity contribution is 7.89. The second kappa shape index (κ2) is 34.7. The molecule has 5 aliphatic carbocycles. The van der Waals surface area contributed by atoms with Crippen LogP contribution in [0.2, 0.25) is 10.0 Å². The van der Waals surface area contributed by atoms with Gasteiger partial charge in [-0.2, -0.15) is 25.5 Å². The summed E-state index contributed by atoms with van der Waals surface area (Å²) in [5.41, 5.74) is 10.1. The van der Waals surface area contributed by atoms with E-state index in [-0.39, 0.29) is 20.4 Å². The molecule has 40 heteroatoms. The molecular formula is C78H83Cl2N27O6S5. The Hall–Kier alpha value is -12.0. The molecule has 33 nitrogen and oxygen atoms in total. The zero-order chi connectivity index (χ0) is 81.7. The molecule has 0 unspecified atom stereocenters. The summed E-state index contributed by atoms with van der Waals surface area (Å²) in [6, 6.07) is 40.4. The van der Waals surface area contributed by atoms with E-state index in [1.807, 2.05) is 72.3 Å². The fourth-order valence-electron chi connectivity index (χ4n) is 12.1. The van der Waals surface area contributed by atoms with Crippen LogP contribution in [0.15, 0.2) is 196 Å². The van der Waals surface area contributed by atoms with Crippen LogP contribution in [0.5, 0.6) is 0 Å². The van der Waals surface area contributed by atoms with Crippen molar-refractivity contribution in [1.82, 2.24) is 101 Å². The van der Waals surface area contributed by atoms with Crippen molar-refractivity contribution in [2.45, 2.75) is 122 Å². The Labute approximate surface area is 700 Å². The number of anilines is 8. The standard InChI is InChI=1S/C17H18N6O2S.C17H17N5O2S.C16H15ClN6O2S.C14H12ClN5S.C14H13N5S.4H2/c1-10-9-19-17(12-3-2-4-13(7-12)26(18,24)25)21-16(10)20-15-8-14(22-23-15)11-5-6-11;18-25(23,24)15-3-1-2-12(8-15)17-19-7-6-13(20-17)9-14-10-16(22-21-14)11-4-5-11;17-12-8-19-15(10-2-1-3-11(6-10)26(18,24)25)21-16(12)20-14-7-13(22-23-14)9-4-5-9;15-9-7-16-14(11-2-1-5-21-11)18-13(9)17-12-6-10(19-20-12)8-3-4-8;1-2-11(20-7-1)14-15-6-5-12(17-14)16-13-8-10(18-19-13)9-3-4-9;;;;/h2-4,7-9,11H,5-6H2,1H3,(H2,18,24,25)(H2,19,20,21,22,23);1-3,6-8,10-11H,4-5,9H2,(H,21,22)(H2,18,23,24);1-3,6-9H,4-5H2,(H2,18,24,25)(H2,19,20,21,22,23);1-2,5-8H,3-4H2,(H2,16,17,18,19,20);1-2,5-9H,3-4H2,(H2,15,16,17,18,19);4*1H. The first kappa shape index (κ1) is 79.8. The molecular weight excluding hydrogens is 1640 g/mol. The van der Waals surface area contributed by atoms with Gasteiger partial charge in [0.05, 0.1) is 48.2 Å². The van der Waals surface area contributed by atoms with Crippen molar-refractivity contribution in [1.29, 1.82) is 0 Å². The molecule has 0 bridgehead atoms. The molecule has 12 heterocycles. The minimum absolute atomic E-state index is 0. The fourth-order valence-corrected chi connectivity index (χ4v) is 15.4. The summed E-state index contributed by atoms with van der Waals surface area (Å²) in [4.78, 5) is 45.9. The van der Waals surface area contributed by atoms with Crippen molar-refractivity contribution in [3.8, 4) is 55.6 Å². The number of H-pyrrole nitrogens is 5. The molecule has 3 aromatic carbocycles. The smallest absolute Gasteiger partial charge is 0.238 e. The number of thiophene rings is 2. The van der Waals surface area contributed by atoms with Gasteiger partial charge in [-0.25, -0.2) is 90.5 Å². The van der Waals surface area contributed by atoms with E-state index in [2.05, 4.69) is 134 Å². The van der Waals surface area contributed by atoms with Gasteiger partial charge in [0.1, 0.15) is 21.7 Å². The summed E-state index contributed by atoms with van der Waals surface area (Å²) >= 11 is 15.6. The lowest BCUT2D eigenvalue weighted by molar-refractivity contribution is 0.596. The normalized spacial score (nSPS) is 14.4. The van der Waals surface area contributed by atoms with Crippen molar-refractivity contribution in [3.05, 3.63) is 237 Å². The zero-order valence-electron chi connectivity index (χ0n) is 62.7. The Bertz CT molecular complexity index is 6290. The van der Waals surface area contributed by atoms with Crippen LogP contribution in [0.4, 0.5) is 46.5 Å². The third kappa shape index (κ3) is 21.0. The molecule has 12 aromatic heterocycles. The molecule has 5 aliphatic rings. The topological polar surface area (TPSA) is 501 Å². The number of halogens is 2. The van der Waals surface area contributed by atoms with Crippen molar-refractivity contribution < 1.29 is 31.0 Å². The van der Waals surface area contributed by atoms with Crippen LogP contribution in [0.1, 0.15) is 145 Å². The lowest BCUT2D eigenvalue weighted by atomic mass is 10.2. The quantitative estimate of drug-likeness (QED) is 0.0283. The van der Waals surface area contributed by atoms with Crippen LogP contribution in [0.3, 0.4) is 0 Å². The Morgan fingerprint density at radius 3 is 1.23 bits per heavy atom. The van der Waals surface area contributed by atoms with E-state index < -0.39 is 30.1 Å². The van der Waals surface area contributed by atoms with Gasteiger partial charge in [0.2, 0.25) is 30.1 Å². The third-order valence-corrected chi connectivity index (χ3v) is 24.1. The number of primary sulfonamides is 3. The lowest BCUT2D eigenvalue weighted by Crippen LogP contribution is -2.12. The van der Waals surface area contributed by atoms with E-state index in [1.54, 1.807) is 83.9 Å².